The quantitative estimate of drug-likeness (QED) is 0.864. The smallest absolute Gasteiger partial charge is 0.338 e. The van der Waals surface area contributed by atoms with E-state index in [0.717, 1.165) is 6.42 Å². The molecular formula is C14H14FNO2S. The Bertz CT molecular complexity index is 569. The molecule has 0 saturated heterocycles. The van der Waals surface area contributed by atoms with Gasteiger partial charge in [0.15, 0.2) is 0 Å². The molecular weight excluding hydrogens is 265 g/mol. The van der Waals surface area contributed by atoms with Crippen LogP contribution in [-0.4, -0.2) is 11.1 Å². The maximum atomic E-state index is 13.6. The molecule has 2 aromatic rings. The van der Waals surface area contributed by atoms with Crippen LogP contribution in [0.2, 0.25) is 0 Å². The van der Waals surface area contributed by atoms with Crippen molar-refractivity contribution in [1.29, 1.82) is 0 Å². The summed E-state index contributed by atoms with van der Waals surface area (Å²) in [6, 6.07) is 8.19. The SMILES string of the molecule is CCC(Nc1ccc(C(=O)O)c(F)c1)c1cccs1. The van der Waals surface area contributed by atoms with E-state index in [0.29, 0.717) is 5.69 Å². The average molecular weight is 279 g/mol. The lowest BCUT2D eigenvalue weighted by Gasteiger charge is -2.17. The Morgan fingerprint density at radius 3 is 2.79 bits per heavy atom. The molecule has 1 aromatic heterocycles. The van der Waals surface area contributed by atoms with E-state index in [2.05, 4.69) is 5.32 Å². The molecule has 0 bridgehead atoms. The van der Waals surface area contributed by atoms with Gasteiger partial charge in [0.05, 0.1) is 11.6 Å². The highest BCUT2D eigenvalue weighted by molar-refractivity contribution is 7.10. The van der Waals surface area contributed by atoms with E-state index in [1.165, 1.54) is 17.0 Å². The van der Waals surface area contributed by atoms with E-state index in [-0.39, 0.29) is 11.6 Å². The van der Waals surface area contributed by atoms with Gasteiger partial charge in [0.2, 0.25) is 0 Å². The van der Waals surface area contributed by atoms with Crippen molar-refractivity contribution < 1.29 is 14.3 Å². The van der Waals surface area contributed by atoms with Gasteiger partial charge in [0, 0.05) is 10.6 Å². The van der Waals surface area contributed by atoms with Gasteiger partial charge in [-0.15, -0.1) is 11.3 Å². The van der Waals surface area contributed by atoms with E-state index in [9.17, 15) is 9.18 Å². The summed E-state index contributed by atoms with van der Waals surface area (Å²) in [5.41, 5.74) is 0.275. The zero-order valence-corrected chi connectivity index (χ0v) is 11.2. The molecule has 1 heterocycles. The van der Waals surface area contributed by atoms with Crippen LogP contribution in [-0.2, 0) is 0 Å². The van der Waals surface area contributed by atoms with E-state index in [1.807, 2.05) is 24.4 Å². The molecule has 1 atom stereocenters. The number of aromatic carboxylic acids is 1. The number of hydrogen-bond acceptors (Lipinski definition) is 3. The summed E-state index contributed by atoms with van der Waals surface area (Å²) in [5.74, 6) is -1.98. The topological polar surface area (TPSA) is 49.3 Å². The molecule has 19 heavy (non-hydrogen) atoms. The molecule has 100 valence electrons. The Hall–Kier alpha value is -1.88. The van der Waals surface area contributed by atoms with E-state index >= 15 is 0 Å². The predicted molar refractivity (Wildman–Crippen MR) is 74.3 cm³/mol. The number of thiophene rings is 1. The molecule has 0 radical (unpaired) electrons. The van der Waals surface area contributed by atoms with Crippen LogP contribution in [0.15, 0.2) is 35.7 Å². The zero-order chi connectivity index (χ0) is 13.8. The fourth-order valence-corrected chi connectivity index (χ4v) is 2.70. The van der Waals surface area contributed by atoms with Gasteiger partial charge >= 0.3 is 5.97 Å². The fourth-order valence-electron chi connectivity index (χ4n) is 1.84. The first-order chi connectivity index (χ1) is 9.11. The minimum absolute atomic E-state index is 0.107. The molecule has 5 heteroatoms. The molecule has 3 nitrogen and oxygen atoms in total. The molecule has 0 amide bonds. The Kier molecular flexibility index (Phi) is 4.16. The van der Waals surface area contributed by atoms with Crippen LogP contribution >= 0.6 is 11.3 Å². The van der Waals surface area contributed by atoms with E-state index in [1.54, 1.807) is 17.4 Å². The highest BCUT2D eigenvalue weighted by Gasteiger charge is 2.13. The summed E-state index contributed by atoms with van der Waals surface area (Å²) in [7, 11) is 0. The van der Waals surface area contributed by atoms with Gasteiger partial charge in [-0.3, -0.25) is 0 Å². The van der Waals surface area contributed by atoms with Crippen molar-refractivity contribution in [3.63, 3.8) is 0 Å². The third-order valence-corrected chi connectivity index (χ3v) is 3.82. The molecule has 0 aliphatic carbocycles. The van der Waals surface area contributed by atoms with E-state index in [4.69, 9.17) is 5.11 Å². The first-order valence-corrected chi connectivity index (χ1v) is 6.82. The number of carboxylic acid groups (broad SMARTS) is 1. The predicted octanol–water partition coefficient (Wildman–Crippen LogP) is 4.15. The second kappa shape index (κ2) is 5.84. The van der Waals surface area contributed by atoms with Crippen LogP contribution in [0.1, 0.15) is 34.6 Å². The first-order valence-electron chi connectivity index (χ1n) is 5.94. The number of halogens is 1. The molecule has 0 aliphatic rings. The standard InChI is InChI=1S/C14H14FNO2S/c1-2-12(13-4-3-7-19-13)16-9-5-6-10(14(17)18)11(15)8-9/h3-8,12,16H,2H2,1H3,(H,17,18). The molecule has 0 aliphatic heterocycles. The van der Waals surface area contributed by atoms with Crippen LogP contribution in [0.5, 0.6) is 0 Å². The number of carboxylic acids is 1. The monoisotopic (exact) mass is 279 g/mol. The number of nitrogens with one attached hydrogen (secondary N) is 1. The van der Waals surface area contributed by atoms with Crippen molar-refractivity contribution in [2.75, 3.05) is 5.32 Å². The molecule has 1 aromatic carbocycles. The second-order valence-corrected chi connectivity index (χ2v) is 5.10. The van der Waals surface area contributed by atoms with Crippen molar-refractivity contribution in [3.05, 3.63) is 52.0 Å². The largest absolute Gasteiger partial charge is 0.478 e. The molecule has 0 saturated carbocycles. The zero-order valence-electron chi connectivity index (χ0n) is 10.4. The third-order valence-electron chi connectivity index (χ3n) is 2.84. The number of carbonyl (C=O) groups is 1. The van der Waals surface area contributed by atoms with E-state index < -0.39 is 11.8 Å². The molecule has 0 spiro atoms. The minimum atomic E-state index is -1.26. The Morgan fingerprint density at radius 2 is 2.26 bits per heavy atom. The van der Waals surface area contributed by atoms with Crippen LogP contribution in [0, 0.1) is 5.82 Å². The minimum Gasteiger partial charge on any atom is -0.478 e. The lowest BCUT2D eigenvalue weighted by atomic mass is 10.1. The molecule has 0 fully saturated rings. The summed E-state index contributed by atoms with van der Waals surface area (Å²) in [4.78, 5) is 11.9. The van der Waals surface area contributed by atoms with Gasteiger partial charge < -0.3 is 10.4 Å². The summed E-state index contributed by atoms with van der Waals surface area (Å²) in [6.07, 6.45) is 0.864. The van der Waals surface area contributed by atoms with Gasteiger partial charge in [-0.2, -0.15) is 0 Å². The Labute approximate surface area is 114 Å². The average Bonchev–Trinajstić information content (AvgIpc) is 2.89. The molecule has 1 unspecified atom stereocenters. The lowest BCUT2D eigenvalue weighted by Crippen LogP contribution is -2.09. The number of rotatable bonds is 5. The Morgan fingerprint density at radius 1 is 1.47 bits per heavy atom. The van der Waals surface area contributed by atoms with Gasteiger partial charge in [-0.25, -0.2) is 9.18 Å². The third kappa shape index (κ3) is 3.12. The highest BCUT2D eigenvalue weighted by atomic mass is 32.1. The van der Waals surface area contributed by atoms with Gasteiger partial charge in [-0.05, 0) is 36.1 Å². The van der Waals surface area contributed by atoms with Crippen LogP contribution in [0.25, 0.3) is 0 Å². The van der Waals surface area contributed by atoms with Crippen molar-refractivity contribution in [2.24, 2.45) is 0 Å². The van der Waals surface area contributed by atoms with Crippen LogP contribution < -0.4 is 5.32 Å². The maximum absolute atomic E-state index is 13.6. The van der Waals surface area contributed by atoms with Gasteiger partial charge in [0.1, 0.15) is 5.82 Å². The molecule has 2 N–H and O–H groups in total. The van der Waals surface area contributed by atoms with Crippen molar-refractivity contribution in [2.45, 2.75) is 19.4 Å². The highest BCUT2D eigenvalue weighted by Crippen LogP contribution is 2.26. The summed E-state index contributed by atoms with van der Waals surface area (Å²) in [6.45, 7) is 2.04. The fraction of sp³-hybridized carbons (Fsp3) is 0.214. The second-order valence-electron chi connectivity index (χ2n) is 4.12. The maximum Gasteiger partial charge on any atom is 0.338 e. The van der Waals surface area contributed by atoms with Gasteiger partial charge in [0.25, 0.3) is 0 Å². The van der Waals surface area contributed by atoms with Crippen molar-refractivity contribution in [3.8, 4) is 0 Å². The Balaban J connectivity index is 2.19. The number of hydrogen-bond donors (Lipinski definition) is 2. The van der Waals surface area contributed by atoms with Crippen LogP contribution in [0.3, 0.4) is 0 Å². The summed E-state index contributed by atoms with van der Waals surface area (Å²) in [5, 5.41) is 14.0. The van der Waals surface area contributed by atoms with Crippen molar-refractivity contribution in [1.82, 2.24) is 0 Å². The summed E-state index contributed by atoms with van der Waals surface area (Å²) >= 11 is 1.64. The first kappa shape index (κ1) is 13.5. The molecule has 2 rings (SSSR count). The summed E-state index contributed by atoms with van der Waals surface area (Å²) < 4.78 is 13.6. The van der Waals surface area contributed by atoms with Crippen LogP contribution in [0.4, 0.5) is 10.1 Å². The van der Waals surface area contributed by atoms with Gasteiger partial charge in [-0.1, -0.05) is 13.0 Å². The van der Waals surface area contributed by atoms with Crippen molar-refractivity contribution >= 4 is 23.0 Å². The normalized spacial score (nSPS) is 12.1. The lowest BCUT2D eigenvalue weighted by molar-refractivity contribution is 0.0692. The number of benzene rings is 1. The number of anilines is 1.